The van der Waals surface area contributed by atoms with Crippen LogP contribution in [0.15, 0.2) is 41.1 Å². The third-order valence-corrected chi connectivity index (χ3v) is 6.97. The van der Waals surface area contributed by atoms with Gasteiger partial charge in [-0.3, -0.25) is 4.90 Å². The highest BCUT2D eigenvalue weighted by Gasteiger charge is 2.31. The number of anilines is 4. The molecule has 0 aliphatic carbocycles. The second kappa shape index (κ2) is 9.80. The van der Waals surface area contributed by atoms with Crippen molar-refractivity contribution >= 4 is 34.1 Å². The predicted molar refractivity (Wildman–Crippen MR) is 144 cm³/mol. The topological polar surface area (TPSA) is 94.4 Å². The number of pyridine rings is 1. The fraction of sp³-hybridized carbons (Fsp3) is 0.370. The van der Waals surface area contributed by atoms with Crippen LogP contribution in [0.3, 0.4) is 0 Å². The van der Waals surface area contributed by atoms with E-state index >= 15 is 4.39 Å². The predicted octanol–water partition coefficient (Wildman–Crippen LogP) is 4.70. The Morgan fingerprint density at radius 2 is 1.89 bits per heavy atom. The molecule has 1 aromatic carbocycles. The van der Waals surface area contributed by atoms with Crippen LogP contribution in [0.2, 0.25) is 0 Å². The van der Waals surface area contributed by atoms with Crippen LogP contribution in [-0.2, 0) is 6.54 Å². The lowest BCUT2D eigenvalue weighted by atomic mass is 10.1. The van der Waals surface area contributed by atoms with E-state index in [9.17, 15) is 4.39 Å². The number of fused-ring (bicyclic) bond motifs is 2. The molecule has 11 heteroatoms. The van der Waals surface area contributed by atoms with E-state index in [1.54, 1.807) is 18.3 Å². The smallest absolute Gasteiger partial charge is 0.229 e. The maximum Gasteiger partial charge on any atom is 0.229 e. The minimum Gasteiger partial charge on any atom is -0.460 e. The molecular weight excluding hydrogens is 490 g/mol. The van der Waals surface area contributed by atoms with E-state index in [-0.39, 0.29) is 23.8 Å². The van der Waals surface area contributed by atoms with Crippen LogP contribution in [0.5, 0.6) is 0 Å². The third kappa shape index (κ3) is 4.63. The molecule has 1 unspecified atom stereocenters. The Kier molecular flexibility index (Phi) is 6.32. The zero-order valence-corrected chi connectivity index (χ0v) is 21.6. The monoisotopic (exact) mass is 520 g/mol. The van der Waals surface area contributed by atoms with Crippen molar-refractivity contribution in [1.82, 2.24) is 25.2 Å². The summed E-state index contributed by atoms with van der Waals surface area (Å²) >= 11 is 0. The van der Waals surface area contributed by atoms with Crippen LogP contribution < -0.4 is 20.9 Å². The van der Waals surface area contributed by atoms with Crippen molar-refractivity contribution in [2.24, 2.45) is 0 Å². The summed E-state index contributed by atoms with van der Waals surface area (Å²) in [6.45, 7) is 10.7. The Bertz CT molecular complexity index is 1480. The van der Waals surface area contributed by atoms with Gasteiger partial charge in [0.25, 0.3) is 0 Å². The lowest BCUT2D eigenvalue weighted by Crippen LogP contribution is -2.42. The average molecular weight is 521 g/mol. The van der Waals surface area contributed by atoms with Crippen LogP contribution >= 0.6 is 0 Å². The molecule has 1 atom stereocenters. The van der Waals surface area contributed by atoms with Crippen molar-refractivity contribution in [2.75, 3.05) is 41.7 Å². The lowest BCUT2D eigenvalue weighted by Gasteiger charge is -2.28. The standard InChI is InChI=1S/C27H30F2N8O/c1-15(2)37-16(3)33-26-20(28)9-17(10-22(26)37)25-21(29)13-32-27(35-25)34-24-11-23-18(12-31-24)8-19(38-23)14-36-6-4-30-5-7-36/h8-13,15-16,30,33H,4-7,14H2,1-3H3,(H,31,32,34,35). The molecule has 9 nitrogen and oxygen atoms in total. The summed E-state index contributed by atoms with van der Waals surface area (Å²) in [5.74, 6) is 0.383. The molecule has 38 heavy (non-hydrogen) atoms. The lowest BCUT2D eigenvalue weighted by molar-refractivity contribution is 0.218. The number of halogens is 2. The van der Waals surface area contributed by atoms with Crippen LogP contribution in [0.1, 0.15) is 26.5 Å². The Morgan fingerprint density at radius 1 is 1.08 bits per heavy atom. The third-order valence-electron chi connectivity index (χ3n) is 6.97. The Balaban J connectivity index is 1.26. The minimum absolute atomic E-state index is 0.00448. The number of benzene rings is 1. The van der Waals surface area contributed by atoms with Crippen molar-refractivity contribution in [3.63, 3.8) is 0 Å². The van der Waals surface area contributed by atoms with Gasteiger partial charge in [-0.05, 0) is 39.0 Å². The van der Waals surface area contributed by atoms with Crippen LogP contribution in [0, 0.1) is 11.6 Å². The van der Waals surface area contributed by atoms with E-state index in [1.807, 2.05) is 26.8 Å². The molecule has 0 amide bonds. The van der Waals surface area contributed by atoms with E-state index in [4.69, 9.17) is 4.42 Å². The minimum atomic E-state index is -0.642. The van der Waals surface area contributed by atoms with Gasteiger partial charge in [0.15, 0.2) is 5.82 Å². The van der Waals surface area contributed by atoms with Gasteiger partial charge in [-0.1, -0.05) is 0 Å². The molecule has 0 spiro atoms. The molecule has 3 aromatic heterocycles. The summed E-state index contributed by atoms with van der Waals surface area (Å²) < 4.78 is 36.0. The molecule has 5 heterocycles. The zero-order valence-electron chi connectivity index (χ0n) is 21.6. The summed E-state index contributed by atoms with van der Waals surface area (Å²) in [7, 11) is 0. The van der Waals surface area contributed by atoms with Crippen molar-refractivity contribution < 1.29 is 13.2 Å². The highest BCUT2D eigenvalue weighted by atomic mass is 19.1. The normalized spacial score (nSPS) is 17.7. The molecule has 6 rings (SSSR count). The second-order valence-electron chi connectivity index (χ2n) is 10.0. The van der Waals surface area contributed by atoms with Crippen LogP contribution in [0.4, 0.5) is 31.9 Å². The van der Waals surface area contributed by atoms with Crippen molar-refractivity contribution in [1.29, 1.82) is 0 Å². The van der Waals surface area contributed by atoms with Crippen molar-refractivity contribution in [2.45, 2.75) is 39.5 Å². The molecule has 4 aromatic rings. The van der Waals surface area contributed by atoms with Gasteiger partial charge in [-0.2, -0.15) is 0 Å². The van der Waals surface area contributed by atoms with E-state index in [0.717, 1.165) is 50.1 Å². The number of furan rings is 1. The first-order chi connectivity index (χ1) is 18.4. The summed E-state index contributed by atoms with van der Waals surface area (Å²) in [4.78, 5) is 17.3. The second-order valence-corrected chi connectivity index (χ2v) is 10.0. The number of nitrogens with one attached hydrogen (secondary N) is 3. The van der Waals surface area contributed by atoms with E-state index < -0.39 is 11.6 Å². The van der Waals surface area contributed by atoms with Gasteiger partial charge in [0, 0.05) is 55.4 Å². The van der Waals surface area contributed by atoms with Crippen molar-refractivity contribution in [3.05, 3.63) is 54.1 Å². The zero-order chi connectivity index (χ0) is 26.4. The molecule has 2 aliphatic rings. The van der Waals surface area contributed by atoms with E-state index in [2.05, 4.69) is 40.7 Å². The highest BCUT2D eigenvalue weighted by molar-refractivity contribution is 5.83. The first-order valence-electron chi connectivity index (χ1n) is 12.9. The Hall–Kier alpha value is -3.83. The summed E-state index contributed by atoms with van der Waals surface area (Å²) in [6, 6.07) is 6.95. The number of nitrogens with zero attached hydrogens (tertiary/aromatic N) is 5. The molecule has 0 bridgehead atoms. The number of rotatable bonds is 6. The van der Waals surface area contributed by atoms with Crippen LogP contribution in [-0.4, -0.2) is 58.2 Å². The number of aromatic nitrogens is 3. The first kappa shape index (κ1) is 24.5. The van der Waals surface area contributed by atoms with Gasteiger partial charge in [-0.25, -0.2) is 23.7 Å². The molecular formula is C27H30F2N8O. The Labute approximate surface area is 219 Å². The van der Waals surface area contributed by atoms with Gasteiger partial charge >= 0.3 is 0 Å². The maximum absolute atomic E-state index is 15.0. The van der Waals surface area contributed by atoms with E-state index in [0.29, 0.717) is 28.3 Å². The molecule has 0 radical (unpaired) electrons. The highest BCUT2D eigenvalue weighted by Crippen LogP contribution is 2.41. The number of piperazine rings is 1. The van der Waals surface area contributed by atoms with Gasteiger partial charge in [0.05, 0.1) is 30.3 Å². The Morgan fingerprint density at radius 3 is 2.68 bits per heavy atom. The fourth-order valence-electron chi connectivity index (χ4n) is 5.26. The van der Waals surface area contributed by atoms with Gasteiger partial charge in [0.1, 0.15) is 28.7 Å². The molecule has 1 saturated heterocycles. The molecule has 2 aliphatic heterocycles. The van der Waals surface area contributed by atoms with E-state index in [1.165, 1.54) is 6.07 Å². The summed E-state index contributed by atoms with van der Waals surface area (Å²) in [5, 5.41) is 10.4. The van der Waals surface area contributed by atoms with Crippen molar-refractivity contribution in [3.8, 4) is 11.3 Å². The SMILES string of the molecule is CC(C)N1c2cc(-c3nc(Nc4cc5oc(CN6CCNCC6)cc5cn4)ncc3F)cc(F)c2NC1C. The number of hydrogen-bond donors (Lipinski definition) is 3. The fourth-order valence-corrected chi connectivity index (χ4v) is 5.26. The average Bonchev–Trinajstić information content (AvgIpc) is 3.45. The van der Waals surface area contributed by atoms with Crippen LogP contribution in [0.25, 0.3) is 22.2 Å². The van der Waals surface area contributed by atoms with Gasteiger partial charge in [-0.15, -0.1) is 0 Å². The number of hydrogen-bond acceptors (Lipinski definition) is 9. The largest absolute Gasteiger partial charge is 0.460 e. The summed E-state index contributed by atoms with van der Waals surface area (Å²) in [5.41, 5.74) is 2.11. The quantitative estimate of drug-likeness (QED) is 0.335. The van der Waals surface area contributed by atoms with Gasteiger partial charge in [0.2, 0.25) is 5.95 Å². The molecule has 1 fully saturated rings. The molecule has 198 valence electrons. The molecule has 3 N–H and O–H groups in total. The first-order valence-corrected chi connectivity index (χ1v) is 12.9. The van der Waals surface area contributed by atoms with Gasteiger partial charge < -0.3 is 25.3 Å². The summed E-state index contributed by atoms with van der Waals surface area (Å²) in [6.07, 6.45) is 2.72. The maximum atomic E-state index is 15.0. The molecule has 0 saturated carbocycles.